The molecule has 0 aliphatic heterocycles. The summed E-state index contributed by atoms with van der Waals surface area (Å²) in [5.41, 5.74) is 1.68. The minimum Gasteiger partial charge on any atom is -0.437 e. The fourth-order valence-electron chi connectivity index (χ4n) is 1.54. The highest BCUT2D eigenvalue weighted by molar-refractivity contribution is 5.74. The summed E-state index contributed by atoms with van der Waals surface area (Å²) >= 11 is 0. The molecular weight excluding hydrogens is 212 g/mol. The van der Waals surface area contributed by atoms with Crippen molar-refractivity contribution >= 4 is 11.0 Å². The Hall–Kier alpha value is -2.42. The van der Waals surface area contributed by atoms with E-state index in [4.69, 9.17) is 4.74 Å². The molecule has 3 heteroatoms. The van der Waals surface area contributed by atoms with E-state index < -0.39 is 0 Å². The van der Waals surface area contributed by atoms with Crippen LogP contribution in [0.5, 0.6) is 11.6 Å². The van der Waals surface area contributed by atoms with Gasteiger partial charge < -0.3 is 4.74 Å². The number of benzene rings is 2. The van der Waals surface area contributed by atoms with E-state index in [2.05, 4.69) is 16.0 Å². The van der Waals surface area contributed by atoms with Gasteiger partial charge in [0.1, 0.15) is 5.75 Å². The van der Waals surface area contributed by atoms with Gasteiger partial charge in [-0.15, -0.1) is 0 Å². The van der Waals surface area contributed by atoms with Crippen LogP contribution >= 0.6 is 0 Å². The van der Waals surface area contributed by atoms with Gasteiger partial charge in [0.2, 0.25) is 5.88 Å². The maximum atomic E-state index is 5.56. The predicted molar refractivity (Wildman–Crippen MR) is 64.9 cm³/mol. The summed E-state index contributed by atoms with van der Waals surface area (Å²) in [6.07, 6.45) is 1.61. The molecule has 1 aromatic heterocycles. The van der Waals surface area contributed by atoms with Gasteiger partial charge >= 0.3 is 0 Å². The van der Waals surface area contributed by atoms with Gasteiger partial charge in [0, 0.05) is 6.07 Å². The lowest BCUT2D eigenvalue weighted by atomic mass is 10.3. The first-order chi connectivity index (χ1) is 8.42. The number of rotatable bonds is 2. The Kier molecular flexibility index (Phi) is 2.43. The second-order valence-electron chi connectivity index (χ2n) is 3.53. The van der Waals surface area contributed by atoms with E-state index in [1.807, 2.05) is 42.5 Å². The van der Waals surface area contributed by atoms with Crippen LogP contribution in [0.1, 0.15) is 0 Å². The fraction of sp³-hybridized carbons (Fsp3) is 0. The first-order valence-electron chi connectivity index (χ1n) is 5.28. The van der Waals surface area contributed by atoms with Gasteiger partial charge in [-0.3, -0.25) is 0 Å². The van der Waals surface area contributed by atoms with Crippen molar-refractivity contribution in [2.45, 2.75) is 0 Å². The van der Waals surface area contributed by atoms with E-state index in [1.165, 1.54) is 0 Å². The molecule has 1 radical (unpaired) electrons. The molecule has 0 amide bonds. The Morgan fingerprint density at radius 2 is 1.76 bits per heavy atom. The lowest BCUT2D eigenvalue weighted by Crippen LogP contribution is -1.90. The third kappa shape index (κ3) is 2.08. The predicted octanol–water partition coefficient (Wildman–Crippen LogP) is 3.22. The Bertz CT molecular complexity index is 638. The molecule has 3 nitrogen and oxygen atoms in total. The van der Waals surface area contributed by atoms with Crippen LogP contribution < -0.4 is 4.74 Å². The van der Waals surface area contributed by atoms with Gasteiger partial charge in [0.25, 0.3) is 0 Å². The number of hydrogen-bond donors (Lipinski definition) is 0. The number of fused-ring (bicyclic) bond motifs is 1. The van der Waals surface area contributed by atoms with Crippen LogP contribution in [0, 0.1) is 6.07 Å². The van der Waals surface area contributed by atoms with Gasteiger partial charge in [-0.1, -0.05) is 30.3 Å². The molecule has 2 aromatic carbocycles. The Balaban J connectivity index is 1.96. The summed E-state index contributed by atoms with van der Waals surface area (Å²) in [5.74, 6) is 1.11. The third-order valence-electron chi connectivity index (χ3n) is 2.32. The summed E-state index contributed by atoms with van der Waals surface area (Å²) in [7, 11) is 0. The van der Waals surface area contributed by atoms with Gasteiger partial charge in [-0.2, -0.15) is 0 Å². The zero-order valence-electron chi connectivity index (χ0n) is 9.00. The minimum absolute atomic E-state index is 0.478. The van der Waals surface area contributed by atoms with Crippen molar-refractivity contribution in [2.75, 3.05) is 0 Å². The van der Waals surface area contributed by atoms with Crippen LogP contribution in [0.25, 0.3) is 11.0 Å². The Labute approximate surface area is 98.7 Å². The van der Waals surface area contributed by atoms with Crippen LogP contribution in [0.3, 0.4) is 0 Å². The number of hydrogen-bond acceptors (Lipinski definition) is 3. The Morgan fingerprint density at radius 3 is 2.59 bits per heavy atom. The highest BCUT2D eigenvalue weighted by Crippen LogP contribution is 2.19. The topological polar surface area (TPSA) is 35.0 Å². The first kappa shape index (κ1) is 9.78. The van der Waals surface area contributed by atoms with Gasteiger partial charge in [-0.05, 0) is 18.2 Å². The molecule has 1 heterocycles. The van der Waals surface area contributed by atoms with E-state index in [9.17, 15) is 0 Å². The Morgan fingerprint density at radius 1 is 0.941 bits per heavy atom. The number of ether oxygens (including phenoxy) is 1. The molecular formula is C14H9N2O. The van der Waals surface area contributed by atoms with Crippen molar-refractivity contribution in [3.05, 3.63) is 60.8 Å². The van der Waals surface area contributed by atoms with Gasteiger partial charge in [0.05, 0.1) is 17.2 Å². The highest BCUT2D eigenvalue weighted by atomic mass is 16.5. The van der Waals surface area contributed by atoms with Crippen LogP contribution in [0.4, 0.5) is 0 Å². The average Bonchev–Trinajstić information content (AvgIpc) is 2.40. The largest absolute Gasteiger partial charge is 0.437 e. The summed E-state index contributed by atoms with van der Waals surface area (Å²) in [6.45, 7) is 0. The quantitative estimate of drug-likeness (QED) is 0.666. The van der Waals surface area contributed by atoms with Gasteiger partial charge in [-0.25, -0.2) is 9.97 Å². The highest BCUT2D eigenvalue weighted by Gasteiger charge is 2.01. The van der Waals surface area contributed by atoms with E-state index >= 15 is 0 Å². The minimum atomic E-state index is 0.478. The van der Waals surface area contributed by atoms with Crippen LogP contribution in [0.15, 0.2) is 54.7 Å². The van der Waals surface area contributed by atoms with E-state index in [0.29, 0.717) is 11.6 Å². The fourth-order valence-corrected chi connectivity index (χ4v) is 1.54. The zero-order valence-corrected chi connectivity index (χ0v) is 9.00. The van der Waals surface area contributed by atoms with Gasteiger partial charge in [0.15, 0.2) is 0 Å². The summed E-state index contributed by atoms with van der Waals surface area (Å²) < 4.78 is 5.56. The molecule has 0 saturated heterocycles. The van der Waals surface area contributed by atoms with Crippen molar-refractivity contribution in [3.63, 3.8) is 0 Å². The van der Waals surface area contributed by atoms with Crippen molar-refractivity contribution in [3.8, 4) is 11.6 Å². The van der Waals surface area contributed by atoms with Crippen molar-refractivity contribution in [2.24, 2.45) is 0 Å². The normalized spacial score (nSPS) is 10.4. The monoisotopic (exact) mass is 221 g/mol. The molecule has 3 rings (SSSR count). The lowest BCUT2D eigenvalue weighted by molar-refractivity contribution is 0.462. The number of nitrogens with zero attached hydrogens (tertiary/aromatic N) is 2. The standard InChI is InChI=1S/C14H9N2O/c1-2-6-11(7-3-1)17-14-10-15-12-8-4-5-9-13(12)16-14/h1-6,8-10H. The molecule has 0 saturated carbocycles. The number of para-hydroxylation sites is 3. The summed E-state index contributed by atoms with van der Waals surface area (Å²) in [4.78, 5) is 8.64. The van der Waals surface area contributed by atoms with Crippen LogP contribution in [0.2, 0.25) is 0 Å². The summed E-state index contributed by atoms with van der Waals surface area (Å²) in [6, 6.07) is 18.1. The van der Waals surface area contributed by atoms with E-state index in [1.54, 1.807) is 12.3 Å². The molecule has 0 bridgehead atoms. The van der Waals surface area contributed by atoms with Crippen molar-refractivity contribution in [1.82, 2.24) is 9.97 Å². The van der Waals surface area contributed by atoms with Crippen LogP contribution in [-0.2, 0) is 0 Å². The molecule has 17 heavy (non-hydrogen) atoms. The maximum absolute atomic E-state index is 5.56. The van der Waals surface area contributed by atoms with Crippen molar-refractivity contribution in [1.29, 1.82) is 0 Å². The van der Waals surface area contributed by atoms with Crippen LogP contribution in [-0.4, -0.2) is 9.97 Å². The third-order valence-corrected chi connectivity index (χ3v) is 2.32. The van der Waals surface area contributed by atoms with E-state index in [0.717, 1.165) is 11.0 Å². The lowest BCUT2D eigenvalue weighted by Gasteiger charge is -2.04. The maximum Gasteiger partial charge on any atom is 0.238 e. The molecule has 3 aromatic rings. The zero-order chi connectivity index (χ0) is 11.5. The average molecular weight is 221 g/mol. The molecule has 0 atom stereocenters. The SMILES string of the molecule is [c]1ccccc1Oc1cnc2ccccc2n1. The molecule has 0 fully saturated rings. The molecule has 0 aliphatic carbocycles. The molecule has 0 aliphatic rings. The molecule has 81 valence electrons. The second kappa shape index (κ2) is 4.22. The number of aromatic nitrogens is 2. The first-order valence-corrected chi connectivity index (χ1v) is 5.28. The second-order valence-corrected chi connectivity index (χ2v) is 3.53. The molecule has 0 N–H and O–H groups in total. The summed E-state index contributed by atoms with van der Waals surface area (Å²) in [5, 5.41) is 0. The smallest absolute Gasteiger partial charge is 0.238 e. The molecule has 0 unspecified atom stereocenters. The van der Waals surface area contributed by atoms with Crippen molar-refractivity contribution < 1.29 is 4.74 Å². The van der Waals surface area contributed by atoms with E-state index in [-0.39, 0.29) is 0 Å². The molecule has 0 spiro atoms.